The molecule has 3 heterocycles. The standard InChI is InChI=1S/C18H21N5OS/c1-3-23-16(24)8-7-15(20-23)21-9-11-22(12-10-21)18-19-17-13(2)5-4-6-14(17)25-18/h4-8H,3,9-12H2,1-2H3. The number of aromatic nitrogens is 3. The number of aryl methyl sites for hydroxylation is 2. The van der Waals surface area contributed by atoms with E-state index < -0.39 is 0 Å². The topological polar surface area (TPSA) is 54.3 Å². The molecule has 130 valence electrons. The molecule has 0 radical (unpaired) electrons. The summed E-state index contributed by atoms with van der Waals surface area (Å²) in [4.78, 5) is 21.1. The predicted octanol–water partition coefficient (Wildman–Crippen LogP) is 2.51. The van der Waals surface area contributed by atoms with Gasteiger partial charge in [0, 0.05) is 38.8 Å². The Labute approximate surface area is 150 Å². The summed E-state index contributed by atoms with van der Waals surface area (Å²) in [6.07, 6.45) is 0. The van der Waals surface area contributed by atoms with E-state index in [2.05, 4.69) is 40.0 Å². The number of para-hydroxylation sites is 1. The van der Waals surface area contributed by atoms with Gasteiger partial charge in [-0.1, -0.05) is 23.5 Å². The van der Waals surface area contributed by atoms with Crippen molar-refractivity contribution < 1.29 is 0 Å². The number of benzene rings is 1. The Bertz CT molecular complexity index is 955. The molecule has 0 spiro atoms. The third-order valence-electron chi connectivity index (χ3n) is 4.64. The number of nitrogens with zero attached hydrogens (tertiary/aromatic N) is 5. The van der Waals surface area contributed by atoms with Gasteiger partial charge in [-0.2, -0.15) is 5.10 Å². The molecular weight excluding hydrogens is 334 g/mol. The fraction of sp³-hybridized carbons (Fsp3) is 0.389. The number of hydrogen-bond donors (Lipinski definition) is 0. The van der Waals surface area contributed by atoms with Gasteiger partial charge < -0.3 is 9.80 Å². The third-order valence-corrected chi connectivity index (χ3v) is 5.72. The van der Waals surface area contributed by atoms with Crippen LogP contribution in [0.1, 0.15) is 12.5 Å². The number of piperazine rings is 1. The largest absolute Gasteiger partial charge is 0.352 e. The monoisotopic (exact) mass is 355 g/mol. The molecule has 0 N–H and O–H groups in total. The first kappa shape index (κ1) is 16.1. The Morgan fingerprint density at radius 1 is 1.08 bits per heavy atom. The number of anilines is 2. The van der Waals surface area contributed by atoms with Crippen LogP contribution in [0.4, 0.5) is 10.9 Å². The fourth-order valence-corrected chi connectivity index (χ4v) is 4.27. The quantitative estimate of drug-likeness (QED) is 0.723. The normalized spacial score (nSPS) is 15.1. The van der Waals surface area contributed by atoms with Crippen molar-refractivity contribution in [3.63, 3.8) is 0 Å². The molecule has 25 heavy (non-hydrogen) atoms. The summed E-state index contributed by atoms with van der Waals surface area (Å²) >= 11 is 1.76. The van der Waals surface area contributed by atoms with Crippen LogP contribution in [0.25, 0.3) is 10.2 Å². The van der Waals surface area contributed by atoms with Gasteiger partial charge in [-0.15, -0.1) is 0 Å². The Balaban J connectivity index is 1.51. The van der Waals surface area contributed by atoms with E-state index in [0.29, 0.717) is 6.54 Å². The van der Waals surface area contributed by atoms with Gasteiger partial charge >= 0.3 is 0 Å². The van der Waals surface area contributed by atoms with Crippen LogP contribution in [0.15, 0.2) is 35.1 Å². The smallest absolute Gasteiger partial charge is 0.266 e. The lowest BCUT2D eigenvalue weighted by Gasteiger charge is -2.35. The number of thiazole rings is 1. The fourth-order valence-electron chi connectivity index (χ4n) is 3.17. The average molecular weight is 355 g/mol. The molecule has 0 saturated carbocycles. The first-order valence-corrected chi connectivity index (χ1v) is 9.41. The molecule has 0 aliphatic carbocycles. The Hall–Kier alpha value is -2.41. The van der Waals surface area contributed by atoms with Crippen LogP contribution < -0.4 is 15.4 Å². The summed E-state index contributed by atoms with van der Waals surface area (Å²) in [5, 5.41) is 5.55. The Morgan fingerprint density at radius 3 is 2.56 bits per heavy atom. The molecule has 4 rings (SSSR count). The van der Waals surface area contributed by atoms with Crippen LogP contribution in [-0.2, 0) is 6.54 Å². The maximum Gasteiger partial charge on any atom is 0.266 e. The van der Waals surface area contributed by atoms with Gasteiger partial charge in [0.1, 0.15) is 5.82 Å². The SMILES string of the molecule is CCn1nc(N2CCN(c3nc4c(C)cccc4s3)CC2)ccc1=O. The highest BCUT2D eigenvalue weighted by Gasteiger charge is 2.21. The molecule has 1 aliphatic heterocycles. The number of hydrogen-bond acceptors (Lipinski definition) is 6. The molecule has 0 amide bonds. The van der Waals surface area contributed by atoms with Crippen molar-refractivity contribution in [2.45, 2.75) is 20.4 Å². The van der Waals surface area contributed by atoms with Crippen molar-refractivity contribution in [1.82, 2.24) is 14.8 Å². The first-order chi connectivity index (χ1) is 12.2. The van der Waals surface area contributed by atoms with E-state index in [0.717, 1.165) is 42.6 Å². The summed E-state index contributed by atoms with van der Waals surface area (Å²) in [6, 6.07) is 9.77. The minimum absolute atomic E-state index is 0.0465. The molecule has 3 aromatic rings. The van der Waals surface area contributed by atoms with Crippen LogP contribution in [-0.4, -0.2) is 40.9 Å². The molecule has 0 atom stereocenters. The van der Waals surface area contributed by atoms with Crippen molar-refractivity contribution in [1.29, 1.82) is 0 Å². The van der Waals surface area contributed by atoms with Crippen LogP contribution in [0.2, 0.25) is 0 Å². The van der Waals surface area contributed by atoms with Crippen LogP contribution in [0, 0.1) is 6.92 Å². The summed E-state index contributed by atoms with van der Waals surface area (Å²) in [5.41, 5.74) is 2.29. The Kier molecular flexibility index (Phi) is 4.17. The van der Waals surface area contributed by atoms with Gasteiger partial charge in [-0.25, -0.2) is 9.67 Å². The lowest BCUT2D eigenvalue weighted by Crippen LogP contribution is -2.47. The zero-order valence-corrected chi connectivity index (χ0v) is 15.3. The molecule has 6 nitrogen and oxygen atoms in total. The lowest BCUT2D eigenvalue weighted by atomic mass is 10.2. The molecule has 0 bridgehead atoms. The summed E-state index contributed by atoms with van der Waals surface area (Å²) in [5.74, 6) is 0.876. The molecular formula is C18H21N5OS. The second kappa shape index (κ2) is 6.48. The summed E-state index contributed by atoms with van der Waals surface area (Å²) in [6.45, 7) is 8.21. The van der Waals surface area contributed by atoms with E-state index in [1.54, 1.807) is 17.4 Å². The van der Waals surface area contributed by atoms with E-state index >= 15 is 0 Å². The molecule has 0 unspecified atom stereocenters. The van der Waals surface area contributed by atoms with Crippen molar-refractivity contribution >= 4 is 32.5 Å². The molecule has 1 fully saturated rings. The minimum Gasteiger partial charge on any atom is -0.352 e. The molecule has 2 aromatic heterocycles. The van der Waals surface area contributed by atoms with Crippen LogP contribution in [0.3, 0.4) is 0 Å². The van der Waals surface area contributed by atoms with Crippen LogP contribution in [0.5, 0.6) is 0 Å². The second-order valence-corrected chi connectivity index (χ2v) is 7.25. The van der Waals surface area contributed by atoms with Gasteiger partial charge in [0.05, 0.1) is 10.2 Å². The first-order valence-electron chi connectivity index (χ1n) is 8.60. The van der Waals surface area contributed by atoms with Gasteiger partial charge in [-0.05, 0) is 31.5 Å². The summed E-state index contributed by atoms with van der Waals surface area (Å²) in [7, 11) is 0. The van der Waals surface area contributed by atoms with E-state index in [4.69, 9.17) is 4.98 Å². The van der Waals surface area contributed by atoms with Crippen molar-refractivity contribution in [3.05, 3.63) is 46.2 Å². The zero-order valence-electron chi connectivity index (χ0n) is 14.5. The molecule has 1 aliphatic rings. The maximum atomic E-state index is 11.7. The number of fused-ring (bicyclic) bond motifs is 1. The molecule has 1 aromatic carbocycles. The van der Waals surface area contributed by atoms with Crippen molar-refractivity contribution in [3.8, 4) is 0 Å². The second-order valence-electron chi connectivity index (χ2n) is 6.24. The van der Waals surface area contributed by atoms with E-state index in [1.165, 1.54) is 14.9 Å². The summed E-state index contributed by atoms with van der Waals surface area (Å²) < 4.78 is 2.76. The van der Waals surface area contributed by atoms with Crippen molar-refractivity contribution in [2.24, 2.45) is 0 Å². The van der Waals surface area contributed by atoms with Gasteiger partial charge in [0.25, 0.3) is 5.56 Å². The lowest BCUT2D eigenvalue weighted by molar-refractivity contribution is 0.588. The zero-order chi connectivity index (χ0) is 17.4. The van der Waals surface area contributed by atoms with Crippen molar-refractivity contribution in [2.75, 3.05) is 36.0 Å². The number of rotatable bonds is 3. The highest BCUT2D eigenvalue weighted by atomic mass is 32.1. The van der Waals surface area contributed by atoms with E-state index in [-0.39, 0.29) is 5.56 Å². The van der Waals surface area contributed by atoms with Gasteiger partial charge in [0.15, 0.2) is 5.13 Å². The van der Waals surface area contributed by atoms with E-state index in [9.17, 15) is 4.79 Å². The van der Waals surface area contributed by atoms with E-state index in [1.807, 2.05) is 13.0 Å². The van der Waals surface area contributed by atoms with Gasteiger partial charge in [-0.3, -0.25) is 4.79 Å². The minimum atomic E-state index is -0.0465. The van der Waals surface area contributed by atoms with Crippen LogP contribution >= 0.6 is 11.3 Å². The maximum absolute atomic E-state index is 11.7. The molecule has 1 saturated heterocycles. The molecule has 7 heteroatoms. The highest BCUT2D eigenvalue weighted by Crippen LogP contribution is 2.31. The predicted molar refractivity (Wildman–Crippen MR) is 103 cm³/mol. The van der Waals surface area contributed by atoms with Gasteiger partial charge in [0.2, 0.25) is 0 Å². The average Bonchev–Trinajstić information content (AvgIpc) is 3.08. The highest BCUT2D eigenvalue weighted by molar-refractivity contribution is 7.22. The third kappa shape index (κ3) is 3.00. The Morgan fingerprint density at radius 2 is 1.84 bits per heavy atom.